The molecule has 114 valence electrons. The maximum absolute atomic E-state index is 10.4. The molecular formula is C20H16O3. The van der Waals surface area contributed by atoms with Gasteiger partial charge in [0.2, 0.25) is 0 Å². The van der Waals surface area contributed by atoms with Crippen LogP contribution in [0.1, 0.15) is 5.56 Å². The highest BCUT2D eigenvalue weighted by Crippen LogP contribution is 2.24. The zero-order valence-corrected chi connectivity index (χ0v) is 12.5. The van der Waals surface area contributed by atoms with Crippen LogP contribution >= 0.6 is 0 Å². The third kappa shape index (κ3) is 3.98. The molecule has 0 aromatic heterocycles. The molecule has 0 bridgehead atoms. The molecule has 23 heavy (non-hydrogen) atoms. The van der Waals surface area contributed by atoms with Gasteiger partial charge in [-0.1, -0.05) is 54.6 Å². The van der Waals surface area contributed by atoms with Crippen molar-refractivity contribution in [1.29, 1.82) is 0 Å². The van der Waals surface area contributed by atoms with Crippen LogP contribution in [0, 0.1) is 0 Å². The second-order valence-electron chi connectivity index (χ2n) is 5.04. The molecule has 0 atom stereocenters. The molecule has 0 aliphatic rings. The Morgan fingerprint density at radius 2 is 1.48 bits per heavy atom. The Morgan fingerprint density at radius 3 is 2.30 bits per heavy atom. The van der Waals surface area contributed by atoms with Gasteiger partial charge in [-0.2, -0.15) is 0 Å². The monoisotopic (exact) mass is 304 g/mol. The fourth-order valence-electron chi connectivity index (χ4n) is 2.33. The Kier molecular flexibility index (Phi) is 4.69. The third-order valence-corrected chi connectivity index (χ3v) is 3.43. The van der Waals surface area contributed by atoms with E-state index in [4.69, 9.17) is 9.47 Å². The summed E-state index contributed by atoms with van der Waals surface area (Å²) in [7, 11) is 0. The number of benzene rings is 3. The van der Waals surface area contributed by atoms with Crippen molar-refractivity contribution in [2.75, 3.05) is 0 Å². The summed E-state index contributed by atoms with van der Waals surface area (Å²) in [4.78, 5) is 10.4. The summed E-state index contributed by atoms with van der Waals surface area (Å²) in [6.07, 6.45) is 0. The first-order chi connectivity index (χ1) is 11.3. The molecule has 0 radical (unpaired) electrons. The van der Waals surface area contributed by atoms with Crippen LogP contribution in [0.3, 0.4) is 0 Å². The summed E-state index contributed by atoms with van der Waals surface area (Å²) in [5.74, 6) is 1.31. The van der Waals surface area contributed by atoms with Crippen molar-refractivity contribution in [1.82, 2.24) is 0 Å². The maximum Gasteiger partial charge on any atom is 0.298 e. The van der Waals surface area contributed by atoms with Gasteiger partial charge >= 0.3 is 0 Å². The first-order valence-corrected chi connectivity index (χ1v) is 7.33. The molecule has 0 N–H and O–H groups in total. The Balaban J connectivity index is 1.71. The van der Waals surface area contributed by atoms with Crippen LogP contribution in [-0.2, 0) is 11.4 Å². The molecule has 3 rings (SSSR count). The van der Waals surface area contributed by atoms with Crippen molar-refractivity contribution in [3.63, 3.8) is 0 Å². The van der Waals surface area contributed by atoms with E-state index in [1.54, 1.807) is 12.1 Å². The molecule has 3 heteroatoms. The number of carbonyl (C=O) groups is 1. The van der Waals surface area contributed by atoms with Gasteiger partial charge in [-0.05, 0) is 41.0 Å². The van der Waals surface area contributed by atoms with Crippen molar-refractivity contribution in [2.24, 2.45) is 0 Å². The molecule has 0 amide bonds. The van der Waals surface area contributed by atoms with Crippen molar-refractivity contribution in [3.8, 4) is 22.6 Å². The summed E-state index contributed by atoms with van der Waals surface area (Å²) >= 11 is 0. The third-order valence-electron chi connectivity index (χ3n) is 3.43. The lowest BCUT2D eigenvalue weighted by molar-refractivity contribution is -0.120. The van der Waals surface area contributed by atoms with Crippen LogP contribution in [0.4, 0.5) is 0 Å². The zero-order chi connectivity index (χ0) is 15.9. The number of carbonyl (C=O) groups excluding carboxylic acids is 1. The molecule has 3 aromatic rings. The average Bonchev–Trinajstić information content (AvgIpc) is 2.62. The zero-order valence-electron chi connectivity index (χ0n) is 12.5. The fraction of sp³-hybridized carbons (Fsp3) is 0.0500. The minimum Gasteiger partial charge on any atom is -0.489 e. The van der Waals surface area contributed by atoms with E-state index in [1.165, 1.54) is 0 Å². The van der Waals surface area contributed by atoms with Crippen LogP contribution < -0.4 is 9.47 Å². The highest BCUT2D eigenvalue weighted by atomic mass is 16.5. The predicted molar refractivity (Wildman–Crippen MR) is 89.3 cm³/mol. The van der Waals surface area contributed by atoms with Crippen molar-refractivity contribution >= 4 is 6.47 Å². The van der Waals surface area contributed by atoms with Crippen molar-refractivity contribution in [3.05, 3.63) is 84.4 Å². The second-order valence-corrected chi connectivity index (χ2v) is 5.04. The molecule has 0 unspecified atom stereocenters. The summed E-state index contributed by atoms with van der Waals surface area (Å²) < 4.78 is 10.7. The first kappa shape index (κ1) is 14.9. The van der Waals surface area contributed by atoms with Crippen LogP contribution in [-0.4, -0.2) is 6.47 Å². The number of hydrogen-bond donors (Lipinski definition) is 0. The van der Waals surface area contributed by atoms with Gasteiger partial charge in [0.15, 0.2) is 0 Å². The number of rotatable bonds is 6. The van der Waals surface area contributed by atoms with E-state index < -0.39 is 0 Å². The summed E-state index contributed by atoms with van der Waals surface area (Å²) in [6, 6.07) is 25.4. The SMILES string of the molecule is O=COc1cccc(COc2cccc(-c3ccccc3)c2)c1. The number of hydrogen-bond acceptors (Lipinski definition) is 3. The molecule has 3 nitrogen and oxygen atoms in total. The van der Waals surface area contributed by atoms with E-state index in [0.717, 1.165) is 22.4 Å². The molecule has 0 saturated heterocycles. The van der Waals surface area contributed by atoms with E-state index in [1.807, 2.05) is 48.5 Å². The highest BCUT2D eigenvalue weighted by Gasteiger charge is 2.01. The van der Waals surface area contributed by atoms with Gasteiger partial charge in [-0.25, -0.2) is 0 Å². The quantitative estimate of drug-likeness (QED) is 0.630. The van der Waals surface area contributed by atoms with Gasteiger partial charge in [0.25, 0.3) is 6.47 Å². The minimum absolute atomic E-state index is 0.411. The number of ether oxygens (including phenoxy) is 2. The van der Waals surface area contributed by atoms with E-state index in [0.29, 0.717) is 18.8 Å². The topological polar surface area (TPSA) is 35.5 Å². The standard InChI is InChI=1S/C20H16O3/c21-15-23-19-10-4-6-16(12-19)14-22-20-11-5-9-18(13-20)17-7-2-1-3-8-17/h1-13,15H,14H2. The molecule has 0 spiro atoms. The van der Waals surface area contributed by atoms with Crippen LogP contribution in [0.5, 0.6) is 11.5 Å². The van der Waals surface area contributed by atoms with E-state index in [-0.39, 0.29) is 0 Å². The second kappa shape index (κ2) is 7.27. The van der Waals surface area contributed by atoms with Gasteiger partial charge in [0.05, 0.1) is 0 Å². The summed E-state index contributed by atoms with van der Waals surface area (Å²) in [6.45, 7) is 0.831. The van der Waals surface area contributed by atoms with Crippen molar-refractivity contribution < 1.29 is 14.3 Å². The molecule has 0 aliphatic carbocycles. The smallest absolute Gasteiger partial charge is 0.298 e. The average molecular weight is 304 g/mol. The Bertz CT molecular complexity index is 782. The molecule has 0 aliphatic heterocycles. The fourth-order valence-corrected chi connectivity index (χ4v) is 2.33. The van der Waals surface area contributed by atoms with Gasteiger partial charge in [0.1, 0.15) is 18.1 Å². The van der Waals surface area contributed by atoms with Gasteiger partial charge < -0.3 is 9.47 Å². The normalized spacial score (nSPS) is 10.1. The summed E-state index contributed by atoms with van der Waals surface area (Å²) in [5, 5.41) is 0. The Morgan fingerprint density at radius 1 is 0.739 bits per heavy atom. The van der Waals surface area contributed by atoms with Gasteiger partial charge in [-0.3, -0.25) is 4.79 Å². The van der Waals surface area contributed by atoms with E-state index in [2.05, 4.69) is 18.2 Å². The predicted octanol–water partition coefficient (Wildman–Crippen LogP) is 4.47. The highest BCUT2D eigenvalue weighted by molar-refractivity contribution is 5.64. The van der Waals surface area contributed by atoms with E-state index in [9.17, 15) is 4.79 Å². The van der Waals surface area contributed by atoms with Gasteiger partial charge in [0, 0.05) is 0 Å². The van der Waals surface area contributed by atoms with E-state index >= 15 is 0 Å². The Hall–Kier alpha value is -3.07. The largest absolute Gasteiger partial charge is 0.489 e. The first-order valence-electron chi connectivity index (χ1n) is 7.33. The molecular weight excluding hydrogens is 288 g/mol. The lowest BCUT2D eigenvalue weighted by atomic mass is 10.1. The minimum atomic E-state index is 0.411. The van der Waals surface area contributed by atoms with Crippen LogP contribution in [0.2, 0.25) is 0 Å². The lowest BCUT2D eigenvalue weighted by Gasteiger charge is -2.09. The molecule has 0 saturated carbocycles. The Labute approximate surface area is 135 Å². The van der Waals surface area contributed by atoms with Crippen molar-refractivity contribution in [2.45, 2.75) is 6.61 Å². The van der Waals surface area contributed by atoms with Crippen LogP contribution in [0.15, 0.2) is 78.9 Å². The van der Waals surface area contributed by atoms with Gasteiger partial charge in [-0.15, -0.1) is 0 Å². The molecule has 0 heterocycles. The van der Waals surface area contributed by atoms with Crippen LogP contribution in [0.25, 0.3) is 11.1 Å². The molecule has 3 aromatic carbocycles. The molecule has 0 fully saturated rings. The lowest BCUT2D eigenvalue weighted by Crippen LogP contribution is -1.96. The summed E-state index contributed by atoms with van der Waals surface area (Å²) in [5.41, 5.74) is 3.20. The maximum atomic E-state index is 10.4.